The van der Waals surface area contributed by atoms with Crippen molar-refractivity contribution in [2.75, 3.05) is 0 Å². The Bertz CT molecular complexity index is 1080. The minimum absolute atomic E-state index is 0.267. The Morgan fingerprint density at radius 1 is 0.840 bits per heavy atom. The van der Waals surface area contributed by atoms with Crippen molar-refractivity contribution < 1.29 is 4.39 Å². The van der Waals surface area contributed by atoms with Gasteiger partial charge in [0.2, 0.25) is 0 Å². The maximum Gasteiger partial charge on any atom is 0.131 e. The first kappa shape index (κ1) is 16.2. The molecule has 0 N–H and O–H groups in total. The summed E-state index contributed by atoms with van der Waals surface area (Å²) in [6, 6.07) is 22.1. The number of benzene rings is 3. The van der Waals surface area contributed by atoms with Gasteiger partial charge in [-0.25, -0.2) is 9.37 Å². The molecule has 1 heterocycles. The van der Waals surface area contributed by atoms with Gasteiger partial charge in [-0.1, -0.05) is 57.9 Å². The molecule has 1 nitrogen and oxygen atoms in total. The van der Waals surface area contributed by atoms with E-state index in [4.69, 9.17) is 16.6 Å². The highest BCUT2D eigenvalue weighted by molar-refractivity contribution is 9.10. The second-order valence-electron chi connectivity index (χ2n) is 5.70. The van der Waals surface area contributed by atoms with Gasteiger partial charge in [-0.15, -0.1) is 0 Å². The van der Waals surface area contributed by atoms with Crippen LogP contribution in [-0.4, -0.2) is 4.98 Å². The molecule has 0 amide bonds. The van der Waals surface area contributed by atoms with Crippen LogP contribution in [0.5, 0.6) is 0 Å². The Kier molecular flexibility index (Phi) is 4.28. The minimum atomic E-state index is -0.267. The lowest BCUT2D eigenvalue weighted by atomic mass is 9.98. The maximum atomic E-state index is 14.4. The van der Waals surface area contributed by atoms with Crippen LogP contribution in [0.4, 0.5) is 4.39 Å². The minimum Gasteiger partial charge on any atom is -0.248 e. The Morgan fingerprint density at radius 2 is 1.60 bits per heavy atom. The molecular formula is C21H12BrClFN. The third-order valence-electron chi connectivity index (χ3n) is 4.07. The molecule has 4 aromatic rings. The molecule has 0 fully saturated rings. The van der Waals surface area contributed by atoms with Crippen LogP contribution in [0.1, 0.15) is 0 Å². The summed E-state index contributed by atoms with van der Waals surface area (Å²) >= 11 is 9.61. The van der Waals surface area contributed by atoms with Crippen molar-refractivity contribution >= 4 is 38.4 Å². The van der Waals surface area contributed by atoms with Crippen molar-refractivity contribution in [2.24, 2.45) is 0 Å². The molecule has 1 aromatic heterocycles. The number of nitrogens with zero attached hydrogens (tertiary/aromatic N) is 1. The van der Waals surface area contributed by atoms with E-state index in [-0.39, 0.29) is 5.82 Å². The van der Waals surface area contributed by atoms with Crippen molar-refractivity contribution in [3.8, 4) is 22.4 Å². The highest BCUT2D eigenvalue weighted by Gasteiger charge is 2.13. The van der Waals surface area contributed by atoms with E-state index in [1.165, 1.54) is 6.07 Å². The van der Waals surface area contributed by atoms with E-state index in [1.54, 1.807) is 18.2 Å². The van der Waals surface area contributed by atoms with Gasteiger partial charge < -0.3 is 0 Å². The van der Waals surface area contributed by atoms with Crippen LogP contribution in [-0.2, 0) is 0 Å². The summed E-state index contributed by atoms with van der Waals surface area (Å²) in [5.74, 6) is -0.267. The highest BCUT2D eigenvalue weighted by Crippen LogP contribution is 2.34. The quantitative estimate of drug-likeness (QED) is 0.341. The molecule has 122 valence electrons. The van der Waals surface area contributed by atoms with Gasteiger partial charge in [0.05, 0.1) is 11.2 Å². The number of aromatic nitrogens is 1. The highest BCUT2D eigenvalue weighted by atomic mass is 79.9. The van der Waals surface area contributed by atoms with Crippen LogP contribution in [0, 0.1) is 5.82 Å². The number of fused-ring (bicyclic) bond motifs is 1. The zero-order valence-corrected chi connectivity index (χ0v) is 15.4. The first-order valence-corrected chi connectivity index (χ1v) is 8.90. The molecule has 0 saturated heterocycles. The maximum absolute atomic E-state index is 14.4. The van der Waals surface area contributed by atoms with Gasteiger partial charge in [0, 0.05) is 26.0 Å². The molecule has 0 aliphatic carbocycles. The lowest BCUT2D eigenvalue weighted by molar-refractivity contribution is 0.631. The molecule has 0 atom stereocenters. The molecule has 25 heavy (non-hydrogen) atoms. The standard InChI is InChI=1S/C21H12BrClFN/c22-14-7-5-13(6-8-14)21-12-17(16-3-1-2-4-19(16)24)18-11-15(23)9-10-20(18)25-21/h1-12H. The van der Waals surface area contributed by atoms with Crippen LogP contribution < -0.4 is 0 Å². The smallest absolute Gasteiger partial charge is 0.131 e. The average molecular weight is 413 g/mol. The van der Waals surface area contributed by atoms with Gasteiger partial charge in [-0.3, -0.25) is 0 Å². The van der Waals surface area contributed by atoms with Crippen LogP contribution >= 0.6 is 27.5 Å². The summed E-state index contributed by atoms with van der Waals surface area (Å²) in [7, 11) is 0. The van der Waals surface area contributed by atoms with E-state index in [0.29, 0.717) is 10.6 Å². The Morgan fingerprint density at radius 3 is 2.36 bits per heavy atom. The SMILES string of the molecule is Fc1ccccc1-c1cc(-c2ccc(Br)cc2)nc2ccc(Cl)cc12. The largest absolute Gasteiger partial charge is 0.248 e. The van der Waals surface area contributed by atoms with Crippen LogP contribution in [0.15, 0.2) is 77.3 Å². The fraction of sp³-hybridized carbons (Fsp3) is 0. The summed E-state index contributed by atoms with van der Waals surface area (Å²) < 4.78 is 15.4. The second kappa shape index (κ2) is 6.58. The summed E-state index contributed by atoms with van der Waals surface area (Å²) in [5.41, 5.74) is 3.86. The molecule has 0 saturated carbocycles. The molecule has 0 aliphatic rings. The van der Waals surface area contributed by atoms with Gasteiger partial charge in [0.15, 0.2) is 0 Å². The van der Waals surface area contributed by atoms with E-state index in [2.05, 4.69) is 15.9 Å². The topological polar surface area (TPSA) is 12.9 Å². The molecular weight excluding hydrogens is 401 g/mol. The zero-order chi connectivity index (χ0) is 17.4. The van der Waals surface area contributed by atoms with Gasteiger partial charge in [0.1, 0.15) is 5.82 Å². The fourth-order valence-corrected chi connectivity index (χ4v) is 3.31. The van der Waals surface area contributed by atoms with Crippen molar-refractivity contribution in [2.45, 2.75) is 0 Å². The predicted molar refractivity (Wildman–Crippen MR) is 105 cm³/mol. The van der Waals surface area contributed by atoms with Gasteiger partial charge >= 0.3 is 0 Å². The number of pyridine rings is 1. The van der Waals surface area contributed by atoms with Crippen molar-refractivity contribution in [3.63, 3.8) is 0 Å². The molecule has 4 rings (SSSR count). The summed E-state index contributed by atoms with van der Waals surface area (Å²) in [6.07, 6.45) is 0. The number of hydrogen-bond donors (Lipinski definition) is 0. The predicted octanol–water partition coefficient (Wildman–Crippen LogP) is 7.12. The van der Waals surface area contributed by atoms with Gasteiger partial charge in [-0.2, -0.15) is 0 Å². The first-order chi connectivity index (χ1) is 12.1. The molecule has 3 aromatic carbocycles. The normalized spacial score (nSPS) is 11.0. The Balaban J connectivity index is 2.03. The molecule has 4 heteroatoms. The molecule has 0 radical (unpaired) electrons. The van der Waals surface area contributed by atoms with E-state index < -0.39 is 0 Å². The molecule has 0 unspecified atom stereocenters. The summed E-state index contributed by atoms with van der Waals surface area (Å²) in [6.45, 7) is 0. The summed E-state index contributed by atoms with van der Waals surface area (Å²) in [5, 5.41) is 1.43. The monoisotopic (exact) mass is 411 g/mol. The van der Waals surface area contributed by atoms with E-state index >= 15 is 0 Å². The van der Waals surface area contributed by atoms with Crippen molar-refractivity contribution in [1.82, 2.24) is 4.98 Å². The lowest BCUT2D eigenvalue weighted by Crippen LogP contribution is -1.92. The van der Waals surface area contributed by atoms with Crippen LogP contribution in [0.2, 0.25) is 5.02 Å². The van der Waals surface area contributed by atoms with Crippen LogP contribution in [0.3, 0.4) is 0 Å². The van der Waals surface area contributed by atoms with E-state index in [1.807, 2.05) is 48.5 Å². The fourth-order valence-electron chi connectivity index (χ4n) is 2.87. The van der Waals surface area contributed by atoms with E-state index in [0.717, 1.165) is 32.2 Å². The van der Waals surface area contributed by atoms with Gasteiger partial charge in [0.25, 0.3) is 0 Å². The summed E-state index contributed by atoms with van der Waals surface area (Å²) in [4.78, 5) is 4.74. The van der Waals surface area contributed by atoms with Gasteiger partial charge in [-0.05, 0) is 48.0 Å². The lowest BCUT2D eigenvalue weighted by Gasteiger charge is -2.11. The molecule has 0 bridgehead atoms. The zero-order valence-electron chi connectivity index (χ0n) is 13.0. The Hall–Kier alpha value is -2.23. The second-order valence-corrected chi connectivity index (χ2v) is 7.06. The number of halogens is 3. The number of rotatable bonds is 2. The first-order valence-electron chi connectivity index (χ1n) is 7.73. The third kappa shape index (κ3) is 3.17. The third-order valence-corrected chi connectivity index (χ3v) is 4.84. The van der Waals surface area contributed by atoms with Crippen molar-refractivity contribution in [3.05, 3.63) is 88.1 Å². The van der Waals surface area contributed by atoms with E-state index in [9.17, 15) is 4.39 Å². The average Bonchev–Trinajstić information content (AvgIpc) is 2.62. The Labute approximate surface area is 158 Å². The number of hydrogen-bond acceptors (Lipinski definition) is 1. The molecule has 0 spiro atoms. The van der Waals surface area contributed by atoms with Crippen molar-refractivity contribution in [1.29, 1.82) is 0 Å². The molecule has 0 aliphatic heterocycles. The van der Waals surface area contributed by atoms with Crippen LogP contribution in [0.25, 0.3) is 33.3 Å².